The van der Waals surface area contributed by atoms with Gasteiger partial charge in [0, 0.05) is 36.9 Å². The molecule has 1 heterocycles. The number of hydrogen-bond acceptors (Lipinski definition) is 4. The van der Waals surface area contributed by atoms with Gasteiger partial charge in [0.2, 0.25) is 0 Å². The molecular formula is C16H29N3O. The summed E-state index contributed by atoms with van der Waals surface area (Å²) >= 11 is 0. The lowest BCUT2D eigenvalue weighted by atomic mass is 9.99. The zero-order valence-electron chi connectivity index (χ0n) is 13.7. The van der Waals surface area contributed by atoms with Gasteiger partial charge in [-0.05, 0) is 33.0 Å². The number of nitrogens with zero attached hydrogens (tertiary/aromatic N) is 2. The molecule has 114 valence electrons. The second-order valence-corrected chi connectivity index (χ2v) is 5.58. The van der Waals surface area contributed by atoms with Gasteiger partial charge in [0.25, 0.3) is 0 Å². The lowest BCUT2D eigenvalue weighted by molar-refractivity contribution is 0.139. The number of nitrogens with two attached hydrogens (primary N) is 1. The van der Waals surface area contributed by atoms with Crippen LogP contribution < -0.4 is 15.4 Å². The van der Waals surface area contributed by atoms with Crippen LogP contribution in [0.1, 0.15) is 27.7 Å². The molecule has 0 unspecified atom stereocenters. The predicted molar refractivity (Wildman–Crippen MR) is 87.7 cm³/mol. The first-order valence-corrected chi connectivity index (χ1v) is 7.34. The highest BCUT2D eigenvalue weighted by atomic mass is 16.5. The van der Waals surface area contributed by atoms with Crippen LogP contribution in [-0.4, -0.2) is 44.2 Å². The Labute approximate surface area is 123 Å². The standard InChI is InChI=1S/C14H23N3O.C2H6/c1-14(2)10-17(8-7-16(14)3)11-5-6-12(15)13(9-11)18-4;1-2/h5-6,9H,7-8,10,15H2,1-4H3;1-2H3. The van der Waals surface area contributed by atoms with Crippen molar-refractivity contribution in [1.82, 2.24) is 4.90 Å². The van der Waals surface area contributed by atoms with Gasteiger partial charge in [0.1, 0.15) is 5.75 Å². The number of piperazine rings is 1. The van der Waals surface area contributed by atoms with Gasteiger partial charge in [-0.2, -0.15) is 0 Å². The average Bonchev–Trinajstić information content (AvgIpc) is 2.44. The second kappa shape index (κ2) is 6.84. The minimum atomic E-state index is 0.187. The molecule has 0 atom stereocenters. The largest absolute Gasteiger partial charge is 0.495 e. The van der Waals surface area contributed by atoms with Gasteiger partial charge >= 0.3 is 0 Å². The summed E-state index contributed by atoms with van der Waals surface area (Å²) in [5, 5.41) is 0. The summed E-state index contributed by atoms with van der Waals surface area (Å²) < 4.78 is 5.29. The van der Waals surface area contributed by atoms with E-state index >= 15 is 0 Å². The minimum absolute atomic E-state index is 0.187. The Bertz CT molecular complexity index is 432. The molecule has 0 aromatic heterocycles. The molecule has 0 radical (unpaired) electrons. The number of hydrogen-bond donors (Lipinski definition) is 1. The first kappa shape index (κ1) is 16.6. The van der Waals surface area contributed by atoms with Crippen molar-refractivity contribution in [3.05, 3.63) is 18.2 Å². The highest BCUT2D eigenvalue weighted by Gasteiger charge is 2.31. The topological polar surface area (TPSA) is 41.7 Å². The van der Waals surface area contributed by atoms with E-state index in [0.29, 0.717) is 5.69 Å². The molecule has 0 amide bonds. The number of anilines is 2. The van der Waals surface area contributed by atoms with E-state index < -0.39 is 0 Å². The van der Waals surface area contributed by atoms with Crippen molar-refractivity contribution in [3.8, 4) is 5.75 Å². The second-order valence-electron chi connectivity index (χ2n) is 5.58. The van der Waals surface area contributed by atoms with E-state index in [2.05, 4.69) is 36.8 Å². The van der Waals surface area contributed by atoms with Crippen molar-refractivity contribution in [3.63, 3.8) is 0 Å². The molecule has 1 aromatic carbocycles. The maximum Gasteiger partial charge on any atom is 0.143 e. The van der Waals surface area contributed by atoms with Gasteiger partial charge < -0.3 is 15.4 Å². The molecule has 0 aliphatic carbocycles. The van der Waals surface area contributed by atoms with Crippen LogP contribution in [0.25, 0.3) is 0 Å². The van der Waals surface area contributed by atoms with Crippen molar-refractivity contribution < 1.29 is 4.74 Å². The van der Waals surface area contributed by atoms with Crippen LogP contribution in [0, 0.1) is 0 Å². The van der Waals surface area contributed by atoms with Crippen molar-refractivity contribution in [2.45, 2.75) is 33.2 Å². The van der Waals surface area contributed by atoms with Crippen molar-refractivity contribution >= 4 is 11.4 Å². The van der Waals surface area contributed by atoms with Crippen molar-refractivity contribution in [2.75, 3.05) is 44.4 Å². The smallest absolute Gasteiger partial charge is 0.143 e. The number of rotatable bonds is 2. The molecule has 1 aliphatic heterocycles. The normalized spacial score (nSPS) is 18.2. The Balaban J connectivity index is 0.000000956. The maximum atomic E-state index is 5.85. The SMILES string of the molecule is CC.COc1cc(N2CCN(C)C(C)(C)C2)ccc1N. The highest BCUT2D eigenvalue weighted by molar-refractivity contribution is 5.62. The molecule has 2 N–H and O–H groups in total. The van der Waals surface area contributed by atoms with Crippen LogP contribution in [0.15, 0.2) is 18.2 Å². The van der Waals surface area contributed by atoms with E-state index in [-0.39, 0.29) is 5.54 Å². The van der Waals surface area contributed by atoms with E-state index in [1.807, 2.05) is 26.0 Å². The first-order valence-electron chi connectivity index (χ1n) is 7.34. The molecule has 4 heteroatoms. The first-order chi connectivity index (χ1) is 9.44. The summed E-state index contributed by atoms with van der Waals surface area (Å²) in [5.74, 6) is 0.754. The van der Waals surface area contributed by atoms with Crippen LogP contribution in [0.4, 0.5) is 11.4 Å². The summed E-state index contributed by atoms with van der Waals surface area (Å²) in [4.78, 5) is 4.79. The molecule has 0 spiro atoms. The Hall–Kier alpha value is -1.42. The summed E-state index contributed by atoms with van der Waals surface area (Å²) in [6, 6.07) is 6.01. The van der Waals surface area contributed by atoms with Gasteiger partial charge in [-0.15, -0.1) is 0 Å². The van der Waals surface area contributed by atoms with E-state index in [1.54, 1.807) is 7.11 Å². The minimum Gasteiger partial charge on any atom is -0.495 e. The van der Waals surface area contributed by atoms with Crippen LogP contribution in [-0.2, 0) is 0 Å². The number of nitrogen functional groups attached to an aromatic ring is 1. The summed E-state index contributed by atoms with van der Waals surface area (Å²) in [7, 11) is 3.84. The lowest BCUT2D eigenvalue weighted by Crippen LogP contribution is -2.57. The highest BCUT2D eigenvalue weighted by Crippen LogP contribution is 2.30. The Morgan fingerprint density at radius 2 is 1.85 bits per heavy atom. The van der Waals surface area contributed by atoms with Gasteiger partial charge in [-0.25, -0.2) is 0 Å². The summed E-state index contributed by atoms with van der Waals surface area (Å²) in [5.41, 5.74) is 7.91. The molecular weight excluding hydrogens is 250 g/mol. The van der Waals surface area contributed by atoms with Gasteiger partial charge in [-0.1, -0.05) is 13.8 Å². The van der Waals surface area contributed by atoms with Crippen molar-refractivity contribution in [1.29, 1.82) is 0 Å². The fourth-order valence-electron chi connectivity index (χ4n) is 2.36. The number of benzene rings is 1. The van der Waals surface area contributed by atoms with Crippen LogP contribution in [0.2, 0.25) is 0 Å². The van der Waals surface area contributed by atoms with Crippen LogP contribution in [0.5, 0.6) is 5.75 Å². The lowest BCUT2D eigenvalue weighted by Gasteiger charge is -2.46. The molecule has 20 heavy (non-hydrogen) atoms. The van der Waals surface area contributed by atoms with Crippen LogP contribution >= 0.6 is 0 Å². The quantitative estimate of drug-likeness (QED) is 0.845. The van der Waals surface area contributed by atoms with E-state index in [0.717, 1.165) is 25.4 Å². The molecule has 1 saturated heterocycles. The fourth-order valence-corrected chi connectivity index (χ4v) is 2.36. The van der Waals surface area contributed by atoms with E-state index in [4.69, 9.17) is 10.5 Å². The Morgan fingerprint density at radius 3 is 2.40 bits per heavy atom. The van der Waals surface area contributed by atoms with E-state index in [1.165, 1.54) is 5.69 Å². The molecule has 1 aliphatic rings. The monoisotopic (exact) mass is 279 g/mol. The average molecular weight is 279 g/mol. The molecule has 2 rings (SSSR count). The summed E-state index contributed by atoms with van der Waals surface area (Å²) in [6.07, 6.45) is 0. The van der Waals surface area contributed by atoms with Gasteiger partial charge in [0.15, 0.2) is 0 Å². The zero-order valence-corrected chi connectivity index (χ0v) is 13.7. The number of likely N-dealkylation sites (N-methyl/N-ethyl adjacent to an activating group) is 1. The molecule has 0 bridgehead atoms. The molecule has 4 nitrogen and oxygen atoms in total. The molecule has 1 aromatic rings. The third-order valence-electron chi connectivity index (χ3n) is 3.90. The zero-order chi connectivity index (χ0) is 15.3. The Kier molecular flexibility index (Phi) is 5.69. The third-order valence-corrected chi connectivity index (χ3v) is 3.90. The summed E-state index contributed by atoms with van der Waals surface area (Å²) in [6.45, 7) is 11.7. The molecule has 1 fully saturated rings. The van der Waals surface area contributed by atoms with Crippen LogP contribution in [0.3, 0.4) is 0 Å². The predicted octanol–water partition coefficient (Wildman–Crippen LogP) is 2.83. The van der Waals surface area contributed by atoms with E-state index in [9.17, 15) is 0 Å². The van der Waals surface area contributed by atoms with Gasteiger partial charge in [0.05, 0.1) is 12.8 Å². The Morgan fingerprint density at radius 1 is 1.20 bits per heavy atom. The maximum absolute atomic E-state index is 5.85. The number of ether oxygens (including phenoxy) is 1. The van der Waals surface area contributed by atoms with Crippen molar-refractivity contribution in [2.24, 2.45) is 0 Å². The van der Waals surface area contributed by atoms with Gasteiger partial charge in [-0.3, -0.25) is 4.90 Å². The molecule has 0 saturated carbocycles. The fraction of sp³-hybridized carbons (Fsp3) is 0.625. The number of methoxy groups -OCH3 is 1. The third kappa shape index (κ3) is 3.57.